The van der Waals surface area contributed by atoms with Gasteiger partial charge in [-0.05, 0) is 0 Å². The fourth-order valence-corrected chi connectivity index (χ4v) is 1.29. The quantitative estimate of drug-likeness (QED) is 0.0681. The van der Waals surface area contributed by atoms with Crippen LogP contribution in [0.5, 0.6) is 0 Å². The van der Waals surface area contributed by atoms with Crippen molar-refractivity contribution < 1.29 is 262 Å². The minimum Gasteiger partial charge on any atom is -0.547 e. The number of aliphatic carboxylic acids is 10. The summed E-state index contributed by atoms with van der Waals surface area (Å²) in [5.74, 6) is -20.6. The Hall–Kier alpha value is -1.93. The van der Waals surface area contributed by atoms with Crippen molar-refractivity contribution in [3.63, 3.8) is 0 Å². The van der Waals surface area contributed by atoms with Crippen LogP contribution in [0.2, 0.25) is 0 Å². The van der Waals surface area contributed by atoms with Gasteiger partial charge in [-0.1, -0.05) is 0 Å². The first-order chi connectivity index (χ1) is 22.3. The molecular formula is C20H20Na2O30Zr2. The van der Waals surface area contributed by atoms with Crippen molar-refractivity contribution in [2.75, 3.05) is 0 Å². The van der Waals surface area contributed by atoms with Gasteiger partial charge in [0, 0.05) is 0 Å². The molecule has 30 nitrogen and oxygen atoms in total. The van der Waals surface area contributed by atoms with Crippen molar-refractivity contribution in [3.8, 4) is 0 Å². The summed E-state index contributed by atoms with van der Waals surface area (Å²) < 4.78 is 0. The van der Waals surface area contributed by atoms with E-state index in [1.165, 1.54) is 0 Å². The van der Waals surface area contributed by atoms with E-state index in [9.17, 15) is 99.0 Å². The van der Waals surface area contributed by atoms with E-state index in [1.54, 1.807) is 0 Å². The topological polar surface area (TPSA) is 604 Å². The van der Waals surface area contributed by atoms with Crippen LogP contribution in [0.15, 0.2) is 0 Å². The molecule has 0 aliphatic rings. The molecule has 34 heteroatoms. The molecular weight excluding hydrogens is 949 g/mol. The summed E-state index contributed by atoms with van der Waals surface area (Å²) in [6.45, 7) is 0. The second-order valence-corrected chi connectivity index (χ2v) is 7.64. The van der Waals surface area contributed by atoms with E-state index in [2.05, 4.69) is 0 Å². The Morgan fingerprint density at radius 3 is 0.278 bits per heavy atom. The summed E-state index contributed by atoms with van der Waals surface area (Å²) in [4.78, 5) is 96.3. The zero-order valence-electron chi connectivity index (χ0n) is 26.4. The average Bonchev–Trinajstić information content (AvgIpc) is 3.01. The van der Waals surface area contributed by atoms with Gasteiger partial charge < -0.3 is 150 Å². The SMILES string of the molecule is O=C([O-])C(O)C(O)C(=O)[O-].O=C([O-])C(O)C(O)C(=O)[O-].O=C([O-])C(O)C(O)C(=O)[O-].O=C([O-])C(O)C(O)C(=O)[O-].O=C([O-])[C@H](O)[C@@H](O)C(=O)[O-].[Na+].[Na+].[Zr+4].[Zr+4]. The summed E-state index contributed by atoms with van der Waals surface area (Å²) >= 11 is 0. The molecule has 0 aromatic rings. The molecule has 0 radical (unpaired) electrons. The molecule has 0 aromatic heterocycles. The molecule has 0 aromatic carbocycles. The maximum atomic E-state index is 9.63. The number of carbonyl (C=O) groups is 10. The number of hydrogen-bond acceptors (Lipinski definition) is 30. The van der Waals surface area contributed by atoms with Crippen LogP contribution >= 0.6 is 0 Å². The molecule has 0 amide bonds. The smallest absolute Gasteiger partial charge is 0.547 e. The van der Waals surface area contributed by atoms with E-state index in [0.29, 0.717) is 0 Å². The van der Waals surface area contributed by atoms with E-state index in [-0.39, 0.29) is 112 Å². The minimum atomic E-state index is -2.44. The molecule has 10 atom stereocenters. The fraction of sp³-hybridized carbons (Fsp3) is 0.500. The summed E-state index contributed by atoms with van der Waals surface area (Å²) in [6.07, 6.45) is -24.4. The Morgan fingerprint density at radius 2 is 0.259 bits per heavy atom. The van der Waals surface area contributed by atoms with Crippen LogP contribution in [0.3, 0.4) is 0 Å². The van der Waals surface area contributed by atoms with Gasteiger partial charge in [-0.2, -0.15) is 0 Å². The normalized spacial score (nSPS) is 14.6. The molecule has 0 saturated carbocycles. The van der Waals surface area contributed by atoms with E-state index in [4.69, 9.17) is 51.1 Å². The number of aliphatic hydroxyl groups is 10. The zero-order valence-corrected chi connectivity index (χ0v) is 35.3. The van der Waals surface area contributed by atoms with E-state index >= 15 is 0 Å². The standard InChI is InChI=1S/5C4H6O6.2Na.2Zr/c5*5-1(3(7)8)2(6)4(9)10;;;;/h5*1-2,5-6H,(H,7,8)(H,9,10);;;;/q;;;;;2*+1;2*+4/p-10/t1-,2-;;;;;;;;/m1......../s1. The first-order valence-corrected chi connectivity index (χ1v) is 11.2. The zero-order chi connectivity index (χ0) is 41.5. The van der Waals surface area contributed by atoms with Crippen molar-refractivity contribution in [1.82, 2.24) is 0 Å². The van der Waals surface area contributed by atoms with Gasteiger partial charge >= 0.3 is 112 Å². The Bertz CT molecular complexity index is 903. The fourth-order valence-electron chi connectivity index (χ4n) is 1.29. The minimum absolute atomic E-state index is 0. The molecule has 10 N–H and O–H groups in total. The maximum Gasteiger partial charge on any atom is 4.00 e. The molecule has 0 bridgehead atoms. The van der Waals surface area contributed by atoms with Gasteiger partial charge in [0.05, 0.1) is 59.7 Å². The maximum absolute atomic E-state index is 9.63. The van der Waals surface area contributed by atoms with Gasteiger partial charge in [0.2, 0.25) is 0 Å². The Morgan fingerprint density at radius 1 is 0.222 bits per heavy atom. The number of carboxylic acid groups (broad SMARTS) is 10. The van der Waals surface area contributed by atoms with Crippen LogP contribution in [0.25, 0.3) is 0 Å². The molecule has 0 rings (SSSR count). The van der Waals surface area contributed by atoms with Crippen LogP contribution in [0, 0.1) is 0 Å². The number of rotatable bonds is 15. The molecule has 54 heavy (non-hydrogen) atoms. The molecule has 8 unspecified atom stereocenters. The monoisotopic (exact) mass is 966 g/mol. The van der Waals surface area contributed by atoms with Crippen molar-refractivity contribution in [2.45, 2.75) is 61.0 Å². The van der Waals surface area contributed by atoms with E-state index in [1.807, 2.05) is 0 Å². The second kappa shape index (κ2) is 38.0. The summed E-state index contributed by atoms with van der Waals surface area (Å²) in [5.41, 5.74) is 0. The molecule has 0 heterocycles. The number of carbonyl (C=O) groups excluding carboxylic acids is 10. The predicted molar refractivity (Wildman–Crippen MR) is 110 cm³/mol. The first-order valence-electron chi connectivity index (χ1n) is 11.2. The summed E-state index contributed by atoms with van der Waals surface area (Å²) in [6, 6.07) is 0. The van der Waals surface area contributed by atoms with Gasteiger partial charge in [-0.25, -0.2) is 0 Å². The van der Waals surface area contributed by atoms with Crippen molar-refractivity contribution >= 4 is 59.7 Å². The molecule has 290 valence electrons. The van der Waals surface area contributed by atoms with E-state index in [0.717, 1.165) is 0 Å². The largest absolute Gasteiger partial charge is 4.00 e. The third-order valence-corrected chi connectivity index (χ3v) is 3.91. The van der Waals surface area contributed by atoms with Crippen LogP contribution in [0.1, 0.15) is 0 Å². The van der Waals surface area contributed by atoms with Crippen LogP contribution in [-0.4, -0.2) is 172 Å². The predicted octanol–water partition coefficient (Wildman–Crippen LogP) is -30.0. The molecule has 0 saturated heterocycles. The van der Waals surface area contributed by atoms with Gasteiger partial charge in [0.25, 0.3) is 0 Å². The van der Waals surface area contributed by atoms with E-state index < -0.39 is 121 Å². The Balaban J connectivity index is -0.0000000657. The molecule has 0 fully saturated rings. The van der Waals surface area contributed by atoms with Crippen molar-refractivity contribution in [1.29, 1.82) is 0 Å². The third-order valence-electron chi connectivity index (χ3n) is 3.91. The van der Waals surface area contributed by atoms with Gasteiger partial charge in [-0.15, -0.1) is 0 Å². The van der Waals surface area contributed by atoms with Crippen molar-refractivity contribution in [3.05, 3.63) is 0 Å². The Labute approximate surface area is 379 Å². The van der Waals surface area contributed by atoms with Gasteiger partial charge in [0.15, 0.2) is 0 Å². The van der Waals surface area contributed by atoms with Crippen LogP contribution in [-0.2, 0) is 100 Å². The van der Waals surface area contributed by atoms with Crippen molar-refractivity contribution in [2.24, 2.45) is 0 Å². The second-order valence-electron chi connectivity index (χ2n) is 7.64. The van der Waals surface area contributed by atoms with Crippen LogP contribution < -0.4 is 110 Å². The van der Waals surface area contributed by atoms with Gasteiger partial charge in [0.1, 0.15) is 61.0 Å². The van der Waals surface area contributed by atoms with Gasteiger partial charge in [-0.3, -0.25) is 0 Å². The molecule has 0 aliphatic carbocycles. The molecule has 0 spiro atoms. The number of aliphatic hydroxyl groups excluding tert-OH is 10. The summed E-state index contributed by atoms with van der Waals surface area (Å²) in [7, 11) is 0. The Kier molecular flexibility index (Phi) is 51.5. The first kappa shape index (κ1) is 73.2. The average molecular weight is 969 g/mol. The molecule has 0 aliphatic heterocycles. The van der Waals surface area contributed by atoms with Crippen LogP contribution in [0.4, 0.5) is 0 Å². The third kappa shape index (κ3) is 35.7. The number of hydrogen-bond donors (Lipinski definition) is 10. The number of carboxylic acids is 10. The summed E-state index contributed by atoms with van der Waals surface area (Å²) in [5, 5.41) is 179.